The molecule has 0 heterocycles. The van der Waals surface area contributed by atoms with Gasteiger partial charge in [0.15, 0.2) is 0 Å². The van der Waals surface area contributed by atoms with Crippen LogP contribution in [0.5, 0.6) is 5.75 Å². The van der Waals surface area contributed by atoms with Crippen LogP contribution in [0.2, 0.25) is 0 Å². The minimum atomic E-state index is -0.337. The van der Waals surface area contributed by atoms with Crippen molar-refractivity contribution in [3.05, 3.63) is 28.8 Å². The molecule has 0 fully saturated rings. The van der Waals surface area contributed by atoms with Crippen molar-refractivity contribution in [1.29, 1.82) is 0 Å². The predicted molar refractivity (Wildman–Crippen MR) is 63.7 cm³/mol. The first kappa shape index (κ1) is 11.9. The molecule has 0 radical (unpaired) electrons. The molecule has 0 aliphatic rings. The second-order valence-electron chi connectivity index (χ2n) is 3.43. The number of carbonyl (C=O) groups is 1. The van der Waals surface area contributed by atoms with Gasteiger partial charge in [-0.3, -0.25) is 4.79 Å². The van der Waals surface area contributed by atoms with Crippen LogP contribution in [0.3, 0.4) is 0 Å². The van der Waals surface area contributed by atoms with Gasteiger partial charge in [0.2, 0.25) is 0 Å². The van der Waals surface area contributed by atoms with E-state index in [1.54, 1.807) is 7.11 Å². The lowest BCUT2D eigenvalue weighted by Gasteiger charge is -2.12. The second-order valence-corrected chi connectivity index (χ2v) is 3.84. The molecule has 0 spiro atoms. The Bertz CT molecular complexity index is 377. The van der Waals surface area contributed by atoms with E-state index in [9.17, 15) is 4.79 Å². The first-order chi connectivity index (χ1) is 7.04. The number of rotatable bonds is 3. The molecular formula is C11H15NO2S. The highest BCUT2D eigenvalue weighted by molar-refractivity contribution is 7.96. The van der Waals surface area contributed by atoms with Crippen molar-refractivity contribution >= 4 is 17.9 Å². The maximum atomic E-state index is 10.7. The van der Waals surface area contributed by atoms with E-state index in [0.717, 1.165) is 22.4 Å². The highest BCUT2D eigenvalue weighted by Gasteiger charge is 2.07. The zero-order valence-corrected chi connectivity index (χ0v) is 10.0. The van der Waals surface area contributed by atoms with E-state index in [-0.39, 0.29) is 5.24 Å². The smallest absolute Gasteiger partial charge is 0.276 e. The Labute approximate surface area is 95.2 Å². The summed E-state index contributed by atoms with van der Waals surface area (Å²) in [5, 5.41) is 2.30. The van der Waals surface area contributed by atoms with Crippen molar-refractivity contribution in [2.24, 2.45) is 0 Å². The zero-order chi connectivity index (χ0) is 11.4. The summed E-state index contributed by atoms with van der Waals surface area (Å²) in [5.74, 6) is 0.822. The summed E-state index contributed by atoms with van der Waals surface area (Å²) < 4.78 is 5.29. The van der Waals surface area contributed by atoms with Crippen molar-refractivity contribution < 1.29 is 9.53 Å². The molecule has 82 valence electrons. The lowest BCUT2D eigenvalue weighted by atomic mass is 10.1. The molecule has 1 aromatic rings. The number of hydrogen-bond donors (Lipinski definition) is 2. The van der Waals surface area contributed by atoms with Crippen LogP contribution in [0.25, 0.3) is 0 Å². The molecule has 0 unspecified atom stereocenters. The standard InChI is InChI=1S/C11H15NO2S/c1-7-4-8(2)10(14-3)9(5-7)6-12-11(13)15/h4-5H,6H2,1-3H3,(H2,12,13,15). The fourth-order valence-corrected chi connectivity index (χ4v) is 1.72. The van der Waals surface area contributed by atoms with E-state index in [1.807, 2.05) is 26.0 Å². The van der Waals surface area contributed by atoms with Gasteiger partial charge in [-0.15, -0.1) is 0 Å². The van der Waals surface area contributed by atoms with Gasteiger partial charge < -0.3 is 10.1 Å². The topological polar surface area (TPSA) is 38.3 Å². The first-order valence-electron chi connectivity index (χ1n) is 4.65. The van der Waals surface area contributed by atoms with Gasteiger partial charge in [-0.05, 0) is 19.4 Å². The van der Waals surface area contributed by atoms with Crippen molar-refractivity contribution in [3.63, 3.8) is 0 Å². The summed E-state index contributed by atoms with van der Waals surface area (Å²) in [5.41, 5.74) is 3.19. The minimum absolute atomic E-state index is 0.337. The fraction of sp³-hybridized carbons (Fsp3) is 0.364. The van der Waals surface area contributed by atoms with E-state index in [4.69, 9.17) is 4.74 Å². The van der Waals surface area contributed by atoms with Crippen LogP contribution < -0.4 is 10.1 Å². The lowest BCUT2D eigenvalue weighted by Crippen LogP contribution is -2.16. The highest BCUT2D eigenvalue weighted by atomic mass is 32.1. The molecule has 15 heavy (non-hydrogen) atoms. The van der Waals surface area contributed by atoms with Crippen molar-refractivity contribution in [1.82, 2.24) is 5.32 Å². The number of methoxy groups -OCH3 is 1. The maximum Gasteiger partial charge on any atom is 0.276 e. The SMILES string of the molecule is COc1c(C)cc(C)cc1CNC(=O)S. The van der Waals surface area contributed by atoms with Crippen molar-refractivity contribution in [3.8, 4) is 5.75 Å². The van der Waals surface area contributed by atoms with E-state index in [0.29, 0.717) is 6.54 Å². The summed E-state index contributed by atoms with van der Waals surface area (Å²) in [6, 6.07) is 4.04. The molecule has 0 aliphatic heterocycles. The van der Waals surface area contributed by atoms with Crippen LogP contribution in [-0.4, -0.2) is 12.3 Å². The van der Waals surface area contributed by atoms with Crippen LogP contribution in [0.4, 0.5) is 4.79 Å². The molecule has 0 saturated heterocycles. The molecule has 1 N–H and O–H groups in total. The molecule has 1 amide bonds. The minimum Gasteiger partial charge on any atom is -0.496 e. The Morgan fingerprint density at radius 1 is 1.47 bits per heavy atom. The number of hydrogen-bond acceptors (Lipinski definition) is 2. The number of benzene rings is 1. The highest BCUT2D eigenvalue weighted by Crippen LogP contribution is 2.24. The van der Waals surface area contributed by atoms with E-state index >= 15 is 0 Å². The second kappa shape index (κ2) is 5.07. The summed E-state index contributed by atoms with van der Waals surface area (Å²) in [7, 11) is 1.63. The zero-order valence-electron chi connectivity index (χ0n) is 9.13. The molecule has 0 saturated carbocycles. The fourth-order valence-electron chi connectivity index (χ4n) is 1.64. The number of nitrogens with one attached hydrogen (secondary N) is 1. The van der Waals surface area contributed by atoms with Crippen LogP contribution in [0.1, 0.15) is 16.7 Å². The molecule has 0 bridgehead atoms. The number of amides is 1. The van der Waals surface area contributed by atoms with Crippen LogP contribution >= 0.6 is 12.6 Å². The average Bonchev–Trinajstić information content (AvgIpc) is 2.13. The molecule has 3 nitrogen and oxygen atoms in total. The first-order valence-corrected chi connectivity index (χ1v) is 5.10. The van der Waals surface area contributed by atoms with Crippen LogP contribution in [0, 0.1) is 13.8 Å². The molecule has 0 aliphatic carbocycles. The third kappa shape index (κ3) is 3.16. The van der Waals surface area contributed by atoms with Gasteiger partial charge in [0, 0.05) is 12.1 Å². The van der Waals surface area contributed by atoms with Gasteiger partial charge in [-0.2, -0.15) is 0 Å². The maximum absolute atomic E-state index is 10.7. The van der Waals surface area contributed by atoms with Crippen LogP contribution in [-0.2, 0) is 6.54 Å². The Morgan fingerprint density at radius 2 is 2.13 bits per heavy atom. The molecule has 1 rings (SSSR count). The molecule has 0 atom stereocenters. The quantitative estimate of drug-likeness (QED) is 0.775. The lowest BCUT2D eigenvalue weighted by molar-refractivity contribution is 0.260. The van der Waals surface area contributed by atoms with Crippen LogP contribution in [0.15, 0.2) is 12.1 Å². The summed E-state index contributed by atoms with van der Waals surface area (Å²) in [6.07, 6.45) is 0. The molecular weight excluding hydrogens is 210 g/mol. The van der Waals surface area contributed by atoms with E-state index < -0.39 is 0 Å². The summed E-state index contributed by atoms with van der Waals surface area (Å²) in [4.78, 5) is 10.7. The van der Waals surface area contributed by atoms with Gasteiger partial charge in [0.25, 0.3) is 5.24 Å². The largest absolute Gasteiger partial charge is 0.496 e. The number of aryl methyl sites for hydroxylation is 2. The van der Waals surface area contributed by atoms with E-state index in [1.165, 1.54) is 0 Å². The summed E-state index contributed by atoms with van der Waals surface area (Å²) >= 11 is 3.65. The van der Waals surface area contributed by atoms with Crippen molar-refractivity contribution in [2.45, 2.75) is 20.4 Å². The molecule has 4 heteroatoms. The molecule has 0 aromatic heterocycles. The van der Waals surface area contributed by atoms with E-state index in [2.05, 4.69) is 17.9 Å². The monoisotopic (exact) mass is 225 g/mol. The average molecular weight is 225 g/mol. The summed E-state index contributed by atoms with van der Waals surface area (Å²) in [6.45, 7) is 4.43. The Morgan fingerprint density at radius 3 is 2.67 bits per heavy atom. The van der Waals surface area contributed by atoms with Gasteiger partial charge in [0.05, 0.1) is 7.11 Å². The van der Waals surface area contributed by atoms with Crippen molar-refractivity contribution in [2.75, 3.05) is 7.11 Å². The Kier molecular flexibility index (Phi) is 4.03. The Hall–Kier alpha value is -1.16. The number of ether oxygens (including phenoxy) is 1. The molecule has 1 aromatic carbocycles. The normalized spacial score (nSPS) is 9.87. The van der Waals surface area contributed by atoms with Gasteiger partial charge in [-0.1, -0.05) is 30.3 Å². The number of carbonyl (C=O) groups excluding carboxylic acids is 1. The third-order valence-corrected chi connectivity index (χ3v) is 2.29. The Balaban J connectivity index is 2.98. The van der Waals surface area contributed by atoms with Gasteiger partial charge >= 0.3 is 0 Å². The third-order valence-electron chi connectivity index (χ3n) is 2.13. The van der Waals surface area contributed by atoms with Gasteiger partial charge in [0.1, 0.15) is 5.75 Å². The number of thiol groups is 1. The van der Waals surface area contributed by atoms with Gasteiger partial charge in [-0.25, -0.2) is 0 Å². The predicted octanol–water partition coefficient (Wildman–Crippen LogP) is 2.45.